The van der Waals surface area contributed by atoms with Crippen LogP contribution in [0.1, 0.15) is 5.56 Å². The Hall–Kier alpha value is -3.24. The van der Waals surface area contributed by atoms with Gasteiger partial charge in [-0.3, -0.25) is 9.36 Å². The molecule has 0 atom stereocenters. The smallest absolute Gasteiger partial charge is 0.406 e. The van der Waals surface area contributed by atoms with Gasteiger partial charge < -0.3 is 9.30 Å². The topological polar surface area (TPSA) is 61.9 Å². The minimum atomic E-state index is -4.81. The number of hydrogen-bond acceptors (Lipinski definition) is 5. The van der Waals surface area contributed by atoms with Crippen LogP contribution in [0.2, 0.25) is 5.15 Å². The van der Waals surface area contributed by atoms with Crippen molar-refractivity contribution in [3.05, 3.63) is 86.8 Å². The predicted molar refractivity (Wildman–Crippen MR) is 110 cm³/mol. The summed E-state index contributed by atoms with van der Waals surface area (Å²) in [6.45, 7) is 0.385. The van der Waals surface area contributed by atoms with Crippen LogP contribution < -0.4 is 10.3 Å². The molecule has 3 heterocycles. The molecule has 0 spiro atoms. The summed E-state index contributed by atoms with van der Waals surface area (Å²) in [7, 11) is 0. The Bertz CT molecular complexity index is 1320. The summed E-state index contributed by atoms with van der Waals surface area (Å²) in [5.41, 5.74) is 0.979. The van der Waals surface area contributed by atoms with Gasteiger partial charge in [0, 0.05) is 12.4 Å². The molecule has 0 radical (unpaired) electrons. The molecule has 0 N–H and O–H groups in total. The first-order valence-corrected chi connectivity index (χ1v) is 9.59. The maximum atomic E-state index is 13.1. The van der Waals surface area contributed by atoms with E-state index in [0.717, 1.165) is 22.3 Å². The molecule has 158 valence electrons. The van der Waals surface area contributed by atoms with Gasteiger partial charge in [0.1, 0.15) is 16.7 Å². The summed E-state index contributed by atoms with van der Waals surface area (Å²) in [5, 5.41) is 0.368. The molecule has 2 aliphatic rings. The van der Waals surface area contributed by atoms with Gasteiger partial charge in [0.2, 0.25) is 4.77 Å². The van der Waals surface area contributed by atoms with Crippen molar-refractivity contribution in [1.82, 2.24) is 19.1 Å². The first kappa shape index (κ1) is 21.0. The van der Waals surface area contributed by atoms with E-state index in [-0.39, 0.29) is 10.5 Å². The average molecular weight is 465 g/mol. The second-order valence-electron chi connectivity index (χ2n) is 6.44. The Morgan fingerprint density at radius 2 is 1.84 bits per heavy atom. The lowest BCUT2D eigenvalue weighted by atomic mass is 10.2. The molecule has 0 fully saturated rings. The Balaban J connectivity index is 1.75. The minimum Gasteiger partial charge on any atom is -0.406 e. The highest BCUT2D eigenvalue weighted by molar-refractivity contribution is 7.71. The molecule has 4 rings (SSSR count). The number of alkyl halides is 3. The summed E-state index contributed by atoms with van der Waals surface area (Å²) in [6.07, 6.45) is -1.43. The van der Waals surface area contributed by atoms with E-state index in [2.05, 4.69) is 14.7 Å². The Kier molecular flexibility index (Phi) is 5.50. The predicted octanol–water partition coefficient (Wildman–Crippen LogP) is 4.86. The van der Waals surface area contributed by atoms with Crippen molar-refractivity contribution in [3.63, 3.8) is 0 Å². The molecular weight excluding hydrogens is 453 g/mol. The lowest BCUT2D eigenvalue weighted by molar-refractivity contribution is -0.274. The largest absolute Gasteiger partial charge is 0.573 e. The zero-order valence-corrected chi connectivity index (χ0v) is 17.1. The second-order valence-corrected chi connectivity index (χ2v) is 7.19. The number of pyridine rings is 2. The van der Waals surface area contributed by atoms with Crippen LogP contribution in [0, 0.1) is 4.77 Å². The van der Waals surface area contributed by atoms with Crippen LogP contribution in [0.25, 0.3) is 17.1 Å². The van der Waals surface area contributed by atoms with Gasteiger partial charge >= 0.3 is 6.36 Å². The van der Waals surface area contributed by atoms with Gasteiger partial charge in [-0.1, -0.05) is 17.7 Å². The van der Waals surface area contributed by atoms with E-state index in [1.54, 1.807) is 35.2 Å². The normalized spacial score (nSPS) is 11.6. The number of rotatable bonds is 4. The van der Waals surface area contributed by atoms with Crippen molar-refractivity contribution in [1.29, 1.82) is 0 Å². The van der Waals surface area contributed by atoms with Crippen LogP contribution in [-0.2, 0) is 6.54 Å². The lowest BCUT2D eigenvalue weighted by Gasteiger charge is -2.16. The SMILES string of the molecule is O=c1c2cccn(Cc3ccc(Cl)nc3)c-2nc(=S)n1-c1ccc(OC(F)(F)F)cc1. The van der Waals surface area contributed by atoms with Gasteiger partial charge in [-0.05, 0) is 60.2 Å². The first-order valence-electron chi connectivity index (χ1n) is 8.80. The number of nitrogens with zero attached hydrogens (tertiary/aromatic N) is 4. The van der Waals surface area contributed by atoms with Crippen molar-refractivity contribution < 1.29 is 17.9 Å². The van der Waals surface area contributed by atoms with E-state index in [0.29, 0.717) is 23.1 Å². The fraction of sp³-hybridized carbons (Fsp3) is 0.100. The Labute approximate surface area is 183 Å². The van der Waals surface area contributed by atoms with Crippen molar-refractivity contribution in [2.75, 3.05) is 0 Å². The number of aromatic nitrogens is 4. The molecule has 0 saturated carbocycles. The Morgan fingerprint density at radius 1 is 1.10 bits per heavy atom. The van der Waals surface area contributed by atoms with E-state index in [4.69, 9.17) is 23.8 Å². The number of hydrogen-bond donors (Lipinski definition) is 0. The summed E-state index contributed by atoms with van der Waals surface area (Å²) in [4.78, 5) is 21.5. The molecule has 1 aromatic heterocycles. The number of benzene rings is 1. The monoisotopic (exact) mass is 464 g/mol. The summed E-state index contributed by atoms with van der Waals surface area (Å²) in [5.74, 6) is -0.0286. The van der Waals surface area contributed by atoms with Gasteiger partial charge in [0.25, 0.3) is 5.56 Å². The van der Waals surface area contributed by atoms with Gasteiger partial charge in [0.15, 0.2) is 0 Å². The highest BCUT2D eigenvalue weighted by Gasteiger charge is 2.31. The van der Waals surface area contributed by atoms with Crippen molar-refractivity contribution in [2.24, 2.45) is 0 Å². The summed E-state index contributed by atoms with van der Waals surface area (Å²) in [6, 6.07) is 11.6. The lowest BCUT2D eigenvalue weighted by Crippen LogP contribution is -2.25. The molecule has 0 amide bonds. The first-order chi connectivity index (χ1) is 14.7. The Morgan fingerprint density at radius 3 is 2.48 bits per heavy atom. The van der Waals surface area contributed by atoms with Crippen LogP contribution in [0.3, 0.4) is 0 Å². The molecule has 11 heteroatoms. The second kappa shape index (κ2) is 8.12. The molecule has 31 heavy (non-hydrogen) atoms. The van der Waals surface area contributed by atoms with Crippen LogP contribution in [0.5, 0.6) is 5.75 Å². The fourth-order valence-corrected chi connectivity index (χ4v) is 3.42. The van der Waals surface area contributed by atoms with E-state index in [1.165, 1.54) is 12.1 Å². The van der Waals surface area contributed by atoms with Crippen molar-refractivity contribution >= 4 is 23.8 Å². The van der Waals surface area contributed by atoms with Gasteiger partial charge in [-0.2, -0.15) is 0 Å². The molecule has 2 aromatic rings. The molecule has 6 nitrogen and oxygen atoms in total. The third-order valence-corrected chi connectivity index (χ3v) is 4.84. The fourth-order valence-electron chi connectivity index (χ4n) is 3.03. The van der Waals surface area contributed by atoms with Gasteiger partial charge in [0.05, 0.1) is 17.8 Å². The molecule has 0 unspecified atom stereocenters. The van der Waals surface area contributed by atoms with E-state index >= 15 is 0 Å². The van der Waals surface area contributed by atoms with E-state index in [9.17, 15) is 18.0 Å². The highest BCUT2D eigenvalue weighted by atomic mass is 35.5. The average Bonchev–Trinajstić information content (AvgIpc) is 2.70. The molecule has 2 aliphatic heterocycles. The van der Waals surface area contributed by atoms with E-state index in [1.807, 2.05) is 6.07 Å². The standard InChI is InChI=1S/C20H12ClF3N4O2S/c21-16-8-3-12(10-25-16)11-27-9-1-2-15-17(27)26-19(31)28(18(15)29)13-4-6-14(7-5-13)30-20(22,23)24/h1-10H,11H2. The van der Waals surface area contributed by atoms with Gasteiger partial charge in [-0.15, -0.1) is 13.2 Å². The maximum Gasteiger partial charge on any atom is 0.573 e. The van der Waals surface area contributed by atoms with E-state index < -0.39 is 17.7 Å². The molecule has 0 bridgehead atoms. The summed E-state index contributed by atoms with van der Waals surface area (Å²) >= 11 is 11.1. The number of halogens is 4. The third-order valence-electron chi connectivity index (χ3n) is 4.34. The third kappa shape index (κ3) is 4.59. The zero-order valence-electron chi connectivity index (χ0n) is 15.5. The van der Waals surface area contributed by atoms with Gasteiger partial charge in [-0.25, -0.2) is 9.97 Å². The van der Waals surface area contributed by atoms with Crippen LogP contribution in [-0.4, -0.2) is 25.5 Å². The highest BCUT2D eigenvalue weighted by Crippen LogP contribution is 2.24. The minimum absolute atomic E-state index is 0.0313. The molecule has 0 aliphatic carbocycles. The number of ether oxygens (including phenoxy) is 1. The van der Waals surface area contributed by atoms with Crippen molar-refractivity contribution in [2.45, 2.75) is 12.9 Å². The number of fused-ring (bicyclic) bond motifs is 1. The van der Waals surface area contributed by atoms with Crippen LogP contribution in [0.4, 0.5) is 13.2 Å². The summed E-state index contributed by atoms with van der Waals surface area (Å²) < 4.78 is 43.8. The molecule has 1 aromatic carbocycles. The quantitative estimate of drug-likeness (QED) is 0.319. The maximum absolute atomic E-state index is 13.1. The van der Waals surface area contributed by atoms with Crippen molar-refractivity contribution in [3.8, 4) is 22.8 Å². The molecular formula is C20H12ClF3N4O2S. The zero-order chi connectivity index (χ0) is 22.2. The molecule has 0 saturated heterocycles. The van der Waals surface area contributed by atoms with Crippen LogP contribution in [0.15, 0.2) is 65.7 Å². The van der Waals surface area contributed by atoms with Crippen LogP contribution >= 0.6 is 23.8 Å².